The standard InChI is InChI=1S/C16H29N2.BrH/c1-5-13-8-10-16-17(13)12(4)11(3)15-9-7-14(6-2)18(15)16;/h11-15H,5-10H2,1-4H3;1H/q+1;/p-1/t11-,12+,13-,14-,15-;/m0./s1. The Morgan fingerprint density at radius 3 is 2.47 bits per heavy atom. The van der Waals surface area contributed by atoms with Crippen LogP contribution in [0.25, 0.3) is 0 Å². The van der Waals surface area contributed by atoms with Gasteiger partial charge in [-0.15, -0.1) is 0 Å². The molecule has 19 heavy (non-hydrogen) atoms. The molecule has 0 aliphatic carbocycles. The van der Waals surface area contributed by atoms with Gasteiger partial charge in [-0.3, -0.25) is 9.48 Å². The number of hydrogen-bond acceptors (Lipinski definition) is 1. The molecule has 0 N–H and O–H groups in total. The fourth-order valence-electron chi connectivity index (χ4n) is 4.81. The second-order valence-corrected chi connectivity index (χ2v) is 6.64. The van der Waals surface area contributed by atoms with Crippen molar-refractivity contribution >= 4 is 5.84 Å². The summed E-state index contributed by atoms with van der Waals surface area (Å²) < 4.78 is 2.85. The number of halogens is 1. The van der Waals surface area contributed by atoms with Gasteiger partial charge in [-0.2, -0.15) is 0 Å². The fourth-order valence-corrected chi connectivity index (χ4v) is 4.81. The van der Waals surface area contributed by atoms with Crippen LogP contribution in [0.4, 0.5) is 0 Å². The molecule has 0 aromatic heterocycles. The van der Waals surface area contributed by atoms with E-state index in [1.54, 1.807) is 5.84 Å². The molecule has 0 amide bonds. The SMILES string of the molecule is CC[C@H]1CCC2=[N+]3[C@@H](CC)CC[C@H]3[C@@H](C)[C@@H](C)N21.[Br-]. The zero-order valence-electron chi connectivity index (χ0n) is 12.9. The van der Waals surface area contributed by atoms with Crippen molar-refractivity contribution in [3.8, 4) is 0 Å². The number of rotatable bonds is 2. The van der Waals surface area contributed by atoms with Crippen LogP contribution in [0.2, 0.25) is 0 Å². The molecular formula is C16H29BrN2. The summed E-state index contributed by atoms with van der Waals surface area (Å²) in [5.74, 6) is 2.54. The van der Waals surface area contributed by atoms with Gasteiger partial charge in [0.25, 0.3) is 0 Å². The van der Waals surface area contributed by atoms with Gasteiger partial charge in [0.05, 0.1) is 24.5 Å². The second-order valence-electron chi connectivity index (χ2n) is 6.64. The molecule has 2 nitrogen and oxygen atoms in total. The maximum absolute atomic E-state index is 2.85. The van der Waals surface area contributed by atoms with Crippen LogP contribution in [0, 0.1) is 5.92 Å². The highest BCUT2D eigenvalue weighted by atomic mass is 79.9. The Balaban J connectivity index is 0.00000133. The van der Waals surface area contributed by atoms with Crippen LogP contribution < -0.4 is 17.0 Å². The van der Waals surface area contributed by atoms with E-state index >= 15 is 0 Å². The molecule has 3 heterocycles. The molecule has 5 atom stereocenters. The van der Waals surface area contributed by atoms with E-state index in [4.69, 9.17) is 0 Å². The summed E-state index contributed by atoms with van der Waals surface area (Å²) in [5, 5.41) is 0. The lowest BCUT2D eigenvalue weighted by Crippen LogP contribution is -3.00. The number of nitrogens with zero attached hydrogens (tertiary/aromatic N) is 2. The first-order valence-corrected chi connectivity index (χ1v) is 8.11. The van der Waals surface area contributed by atoms with Crippen LogP contribution in [0.1, 0.15) is 66.2 Å². The quantitative estimate of drug-likeness (QED) is 0.659. The van der Waals surface area contributed by atoms with E-state index in [1.165, 1.54) is 38.5 Å². The minimum absolute atomic E-state index is 0. The molecule has 2 fully saturated rings. The topological polar surface area (TPSA) is 6.25 Å². The van der Waals surface area contributed by atoms with Crippen molar-refractivity contribution < 1.29 is 21.6 Å². The van der Waals surface area contributed by atoms with Crippen molar-refractivity contribution in [2.45, 2.75) is 90.4 Å². The first-order valence-electron chi connectivity index (χ1n) is 8.11. The van der Waals surface area contributed by atoms with Crippen LogP contribution in [-0.2, 0) is 0 Å². The Bertz CT molecular complexity index is 366. The maximum Gasteiger partial charge on any atom is 0.247 e. The van der Waals surface area contributed by atoms with Gasteiger partial charge in [-0.05, 0) is 39.0 Å². The maximum atomic E-state index is 2.85. The molecule has 0 aromatic carbocycles. The Kier molecular flexibility index (Phi) is 4.64. The lowest BCUT2D eigenvalue weighted by molar-refractivity contribution is -0.598. The van der Waals surface area contributed by atoms with Gasteiger partial charge >= 0.3 is 0 Å². The van der Waals surface area contributed by atoms with E-state index in [9.17, 15) is 0 Å². The van der Waals surface area contributed by atoms with Gasteiger partial charge in [-0.25, -0.2) is 0 Å². The van der Waals surface area contributed by atoms with E-state index in [1.807, 2.05) is 0 Å². The van der Waals surface area contributed by atoms with Crippen molar-refractivity contribution in [3.05, 3.63) is 0 Å². The summed E-state index contributed by atoms with van der Waals surface area (Å²) in [5.41, 5.74) is 0. The zero-order valence-corrected chi connectivity index (χ0v) is 14.5. The molecule has 3 heteroatoms. The Labute approximate surface area is 129 Å². The Morgan fingerprint density at radius 2 is 1.84 bits per heavy atom. The Hall–Kier alpha value is -0.0500. The van der Waals surface area contributed by atoms with E-state index in [0.29, 0.717) is 0 Å². The van der Waals surface area contributed by atoms with E-state index in [2.05, 4.69) is 37.2 Å². The molecule has 0 aromatic rings. The average Bonchev–Trinajstić information content (AvgIpc) is 2.98. The largest absolute Gasteiger partial charge is 1.00 e. The lowest BCUT2D eigenvalue weighted by Gasteiger charge is -2.39. The van der Waals surface area contributed by atoms with Crippen molar-refractivity contribution in [1.82, 2.24) is 4.90 Å². The summed E-state index contributed by atoms with van der Waals surface area (Å²) in [6.45, 7) is 9.68. The Morgan fingerprint density at radius 1 is 1.11 bits per heavy atom. The molecule has 3 rings (SSSR count). The first kappa shape index (κ1) is 15.3. The molecule has 2 saturated heterocycles. The minimum Gasteiger partial charge on any atom is -1.00 e. The molecule has 0 bridgehead atoms. The van der Waals surface area contributed by atoms with Crippen LogP contribution in [-0.4, -0.2) is 39.5 Å². The van der Waals surface area contributed by atoms with E-state index in [-0.39, 0.29) is 17.0 Å². The number of hydrogen-bond donors (Lipinski definition) is 0. The van der Waals surface area contributed by atoms with Gasteiger partial charge in [0.15, 0.2) is 0 Å². The number of amidine groups is 1. The predicted octanol–water partition coefficient (Wildman–Crippen LogP) is 0.255. The van der Waals surface area contributed by atoms with Gasteiger partial charge in [0, 0.05) is 5.92 Å². The third-order valence-electron chi connectivity index (χ3n) is 5.99. The smallest absolute Gasteiger partial charge is 0.247 e. The van der Waals surface area contributed by atoms with E-state index < -0.39 is 0 Å². The highest BCUT2D eigenvalue weighted by Crippen LogP contribution is 2.39. The third kappa shape index (κ3) is 2.16. The van der Waals surface area contributed by atoms with Gasteiger partial charge < -0.3 is 17.0 Å². The molecular weight excluding hydrogens is 300 g/mol. The van der Waals surface area contributed by atoms with Gasteiger partial charge in [0.1, 0.15) is 6.04 Å². The van der Waals surface area contributed by atoms with Crippen molar-refractivity contribution in [3.63, 3.8) is 0 Å². The van der Waals surface area contributed by atoms with Crippen molar-refractivity contribution in [2.24, 2.45) is 5.92 Å². The normalized spacial score (nSPS) is 41.1. The second kappa shape index (κ2) is 5.75. The zero-order chi connectivity index (χ0) is 12.9. The lowest BCUT2D eigenvalue weighted by atomic mass is 9.90. The van der Waals surface area contributed by atoms with E-state index in [0.717, 1.165) is 30.1 Å². The van der Waals surface area contributed by atoms with Crippen molar-refractivity contribution in [2.75, 3.05) is 0 Å². The summed E-state index contributed by atoms with van der Waals surface area (Å²) in [6.07, 6.45) is 8.22. The molecule has 3 aliphatic rings. The van der Waals surface area contributed by atoms with Crippen LogP contribution in [0.15, 0.2) is 0 Å². The van der Waals surface area contributed by atoms with Crippen LogP contribution in [0.5, 0.6) is 0 Å². The van der Waals surface area contributed by atoms with Gasteiger partial charge in [0.2, 0.25) is 5.84 Å². The summed E-state index contributed by atoms with van der Waals surface area (Å²) >= 11 is 0. The van der Waals surface area contributed by atoms with Crippen LogP contribution >= 0.6 is 0 Å². The molecule has 0 spiro atoms. The molecule has 3 aliphatic heterocycles. The highest BCUT2D eigenvalue weighted by Gasteiger charge is 2.52. The summed E-state index contributed by atoms with van der Waals surface area (Å²) in [7, 11) is 0. The molecule has 0 saturated carbocycles. The first-order chi connectivity index (χ1) is 8.69. The van der Waals surface area contributed by atoms with Crippen LogP contribution in [0.3, 0.4) is 0 Å². The summed E-state index contributed by atoms with van der Waals surface area (Å²) in [6, 6.07) is 3.24. The average molecular weight is 329 g/mol. The predicted molar refractivity (Wildman–Crippen MR) is 76.1 cm³/mol. The summed E-state index contributed by atoms with van der Waals surface area (Å²) in [4.78, 5) is 2.80. The minimum atomic E-state index is 0. The third-order valence-corrected chi connectivity index (χ3v) is 5.99. The molecule has 0 unspecified atom stereocenters. The highest BCUT2D eigenvalue weighted by molar-refractivity contribution is 5.81. The monoisotopic (exact) mass is 328 g/mol. The van der Waals surface area contributed by atoms with Crippen molar-refractivity contribution in [1.29, 1.82) is 0 Å². The number of fused-ring (bicyclic) bond motifs is 2. The molecule has 110 valence electrons. The molecule has 0 radical (unpaired) electrons. The fraction of sp³-hybridized carbons (Fsp3) is 0.938. The van der Waals surface area contributed by atoms with Gasteiger partial charge in [-0.1, -0.05) is 20.8 Å².